The Labute approximate surface area is 83.3 Å². The summed E-state index contributed by atoms with van der Waals surface area (Å²) in [6, 6.07) is 0. The van der Waals surface area contributed by atoms with Crippen molar-refractivity contribution < 1.29 is 4.74 Å². The van der Waals surface area contributed by atoms with Crippen LogP contribution in [0.1, 0.15) is 0 Å². The minimum absolute atomic E-state index is 0.267. The van der Waals surface area contributed by atoms with Crippen LogP contribution in [-0.4, -0.2) is 33.2 Å². The molecule has 1 saturated heterocycles. The molecule has 7 heteroatoms. The maximum Gasteiger partial charge on any atom is 0.339 e. The summed E-state index contributed by atoms with van der Waals surface area (Å²) in [5, 5.41) is 2.88. The van der Waals surface area contributed by atoms with Crippen LogP contribution in [-0.2, 0) is 11.8 Å². The van der Waals surface area contributed by atoms with Gasteiger partial charge in [-0.25, -0.2) is 0 Å². The molecule has 1 aliphatic heterocycles. The van der Waals surface area contributed by atoms with Crippen molar-refractivity contribution in [2.24, 2.45) is 7.05 Å². The highest BCUT2D eigenvalue weighted by Crippen LogP contribution is 2.20. The van der Waals surface area contributed by atoms with Crippen LogP contribution in [0, 0.1) is 0 Å². The van der Waals surface area contributed by atoms with Gasteiger partial charge < -0.3 is 4.74 Å². The number of aromatic nitrogens is 3. The van der Waals surface area contributed by atoms with Gasteiger partial charge in [0.25, 0.3) is 0 Å². The molecule has 0 aromatic carbocycles. The molecule has 14 heavy (non-hydrogen) atoms. The molecule has 0 radical (unpaired) electrons. The smallest absolute Gasteiger partial charge is 0.339 e. The zero-order valence-corrected chi connectivity index (χ0v) is 8.34. The van der Waals surface area contributed by atoms with Crippen LogP contribution < -0.4 is 11.1 Å². The molecule has 0 spiro atoms. The molecule has 0 saturated carbocycles. The molecule has 1 aliphatic rings. The Kier molecular flexibility index (Phi) is 2.42. The topological polar surface area (TPSA) is 80.3 Å². The molecule has 1 aromatic heterocycles. The molecule has 1 atom stereocenters. The van der Waals surface area contributed by atoms with Gasteiger partial charge in [0.15, 0.2) is 5.16 Å². The molecule has 2 rings (SSSR count). The molecule has 0 unspecified atom stereocenters. The van der Waals surface area contributed by atoms with Crippen LogP contribution in [0.25, 0.3) is 0 Å². The van der Waals surface area contributed by atoms with E-state index in [1.165, 1.54) is 16.4 Å². The normalized spacial score (nSPS) is 19.6. The number of aryl methyl sites for hydroxylation is 1. The van der Waals surface area contributed by atoms with E-state index >= 15 is 0 Å². The third-order valence-corrected chi connectivity index (χ3v) is 2.91. The van der Waals surface area contributed by atoms with Crippen LogP contribution in [0.3, 0.4) is 0 Å². The first-order valence-corrected chi connectivity index (χ1v) is 5.07. The highest BCUT2D eigenvalue weighted by molar-refractivity contribution is 7.99. The molecule has 6 nitrogen and oxygen atoms in total. The molecule has 0 aliphatic carbocycles. The number of H-pyrrole nitrogens is 1. The van der Waals surface area contributed by atoms with Crippen molar-refractivity contribution in [2.75, 3.05) is 12.4 Å². The third-order valence-electron chi connectivity index (χ3n) is 1.75. The fourth-order valence-electron chi connectivity index (χ4n) is 0.921. The molecular formula is C7H9N3O3S. The summed E-state index contributed by atoms with van der Waals surface area (Å²) in [6.45, 7) is 0.768. The van der Waals surface area contributed by atoms with Crippen molar-refractivity contribution in [3.63, 3.8) is 0 Å². The van der Waals surface area contributed by atoms with Crippen molar-refractivity contribution in [1.29, 1.82) is 0 Å². The number of rotatable bonds is 3. The number of aromatic amines is 1. The van der Waals surface area contributed by atoms with Crippen LogP contribution in [0.15, 0.2) is 14.7 Å². The van der Waals surface area contributed by atoms with Gasteiger partial charge in [-0.2, -0.15) is 4.98 Å². The van der Waals surface area contributed by atoms with E-state index < -0.39 is 11.1 Å². The Morgan fingerprint density at radius 3 is 3.07 bits per heavy atom. The fourth-order valence-corrected chi connectivity index (χ4v) is 1.84. The maximum atomic E-state index is 10.9. The van der Waals surface area contributed by atoms with Crippen molar-refractivity contribution in [1.82, 2.24) is 14.8 Å². The van der Waals surface area contributed by atoms with Crippen molar-refractivity contribution in [3.8, 4) is 0 Å². The predicted octanol–water partition coefficient (Wildman–Crippen LogP) is -1.04. The Morgan fingerprint density at radius 1 is 1.71 bits per heavy atom. The van der Waals surface area contributed by atoms with Crippen molar-refractivity contribution >= 4 is 11.8 Å². The first-order chi connectivity index (χ1) is 6.66. The Balaban J connectivity index is 2.19. The number of thioether (sulfide) groups is 1. The maximum absolute atomic E-state index is 10.9. The molecule has 0 amide bonds. The van der Waals surface area contributed by atoms with E-state index in [4.69, 9.17) is 4.74 Å². The zero-order valence-electron chi connectivity index (χ0n) is 7.52. The average molecular weight is 215 g/mol. The second kappa shape index (κ2) is 3.58. The number of epoxide rings is 1. The monoisotopic (exact) mass is 215 g/mol. The number of nitrogens with zero attached hydrogens (tertiary/aromatic N) is 2. The minimum Gasteiger partial charge on any atom is -0.372 e. The molecule has 76 valence electrons. The predicted molar refractivity (Wildman–Crippen MR) is 50.6 cm³/mol. The summed E-state index contributed by atoms with van der Waals surface area (Å²) >= 11 is 1.40. The van der Waals surface area contributed by atoms with Gasteiger partial charge in [0, 0.05) is 12.8 Å². The Bertz CT molecular complexity index is 448. The third kappa shape index (κ3) is 2.05. The van der Waals surface area contributed by atoms with Gasteiger partial charge in [-0.1, -0.05) is 11.8 Å². The lowest BCUT2D eigenvalue weighted by Crippen LogP contribution is -2.33. The summed E-state index contributed by atoms with van der Waals surface area (Å²) in [5.74, 6) is 0.756. The van der Waals surface area contributed by atoms with E-state index in [2.05, 4.69) is 10.1 Å². The highest BCUT2D eigenvalue weighted by atomic mass is 32.2. The van der Waals surface area contributed by atoms with E-state index in [-0.39, 0.29) is 6.10 Å². The van der Waals surface area contributed by atoms with E-state index in [0.29, 0.717) is 5.16 Å². The van der Waals surface area contributed by atoms with Gasteiger partial charge in [0.1, 0.15) is 0 Å². The second-order valence-corrected chi connectivity index (χ2v) is 3.95. The molecule has 2 heterocycles. The van der Waals surface area contributed by atoms with Crippen molar-refractivity contribution in [3.05, 3.63) is 20.7 Å². The number of hydrogen-bond acceptors (Lipinski definition) is 5. The summed E-state index contributed by atoms with van der Waals surface area (Å²) in [5.41, 5.74) is -1.44. The average Bonchev–Trinajstić information content (AvgIpc) is 2.92. The molecular weight excluding hydrogens is 206 g/mol. The van der Waals surface area contributed by atoms with Gasteiger partial charge in [0.2, 0.25) is 0 Å². The molecule has 1 fully saturated rings. The van der Waals surface area contributed by atoms with Gasteiger partial charge in [-0.3, -0.25) is 19.4 Å². The number of nitrogens with one attached hydrogen (secondary N) is 1. The van der Waals surface area contributed by atoms with Gasteiger partial charge in [-0.05, 0) is 0 Å². The largest absolute Gasteiger partial charge is 0.372 e. The first-order valence-electron chi connectivity index (χ1n) is 4.08. The standard InChI is InChI=1S/C7H9N3O3S/c1-10-7(14-3-4-2-13-4)8-5(11)6(12)9-10/h4H,2-3H2,1H3,(H,9,12)/t4-/m0/s1. The summed E-state index contributed by atoms with van der Waals surface area (Å²) in [7, 11) is 1.64. The first kappa shape index (κ1) is 9.47. The van der Waals surface area contributed by atoms with Crippen LogP contribution in [0.2, 0.25) is 0 Å². The van der Waals surface area contributed by atoms with Gasteiger partial charge in [-0.15, -0.1) is 0 Å². The quantitative estimate of drug-likeness (QED) is 0.396. The zero-order chi connectivity index (χ0) is 10.1. The lowest BCUT2D eigenvalue weighted by molar-refractivity contribution is 0.426. The molecule has 0 bridgehead atoms. The van der Waals surface area contributed by atoms with E-state index in [9.17, 15) is 9.59 Å². The lowest BCUT2D eigenvalue weighted by Gasteiger charge is -2.03. The van der Waals surface area contributed by atoms with E-state index in [1.54, 1.807) is 7.05 Å². The van der Waals surface area contributed by atoms with Gasteiger partial charge >= 0.3 is 11.1 Å². The van der Waals surface area contributed by atoms with E-state index in [1.807, 2.05) is 0 Å². The number of hydrogen-bond donors (Lipinski definition) is 1. The second-order valence-electron chi connectivity index (χ2n) is 2.97. The van der Waals surface area contributed by atoms with Crippen LogP contribution in [0.4, 0.5) is 0 Å². The summed E-state index contributed by atoms with van der Waals surface area (Å²) in [6.07, 6.45) is 0.267. The minimum atomic E-state index is -0.748. The number of ether oxygens (including phenoxy) is 1. The van der Waals surface area contributed by atoms with Crippen LogP contribution >= 0.6 is 11.8 Å². The summed E-state index contributed by atoms with van der Waals surface area (Å²) < 4.78 is 6.46. The SMILES string of the molecule is Cn1[nH]c(=O)c(=O)nc1SC[C@@H]1CO1. The Hall–Kier alpha value is -1.08. The van der Waals surface area contributed by atoms with E-state index in [0.717, 1.165) is 12.4 Å². The summed E-state index contributed by atoms with van der Waals surface area (Å²) in [4.78, 5) is 25.4. The van der Waals surface area contributed by atoms with Crippen LogP contribution in [0.5, 0.6) is 0 Å². The lowest BCUT2D eigenvalue weighted by atomic mass is 10.6. The van der Waals surface area contributed by atoms with Crippen molar-refractivity contribution in [2.45, 2.75) is 11.3 Å². The Morgan fingerprint density at radius 2 is 2.43 bits per heavy atom. The van der Waals surface area contributed by atoms with Gasteiger partial charge in [0.05, 0.1) is 12.7 Å². The molecule has 1 N–H and O–H groups in total. The molecule has 1 aromatic rings. The highest BCUT2D eigenvalue weighted by Gasteiger charge is 2.23. The fraction of sp³-hybridized carbons (Fsp3) is 0.571.